The molecule has 1 heterocycles. The Kier molecular flexibility index (Phi) is 6.04. The third kappa shape index (κ3) is 3.36. The first kappa shape index (κ1) is 10.9. The average molecular weight is 164 g/mol. The highest BCUT2D eigenvalue weighted by Crippen LogP contribution is 2.05. The normalized spacial score (nSPS) is 19.7. The largest absolute Gasteiger partial charge is 0.512 e. The van der Waals surface area contributed by atoms with Gasteiger partial charge in [-0.3, -0.25) is 4.90 Å². The number of allylic oxidation sites excluding steroid dienone is 2. The lowest BCUT2D eigenvalue weighted by Gasteiger charge is -1.99. The van der Waals surface area contributed by atoms with Crippen molar-refractivity contribution in [1.82, 2.24) is 0 Å². The molecular formula is C10H16N2. The van der Waals surface area contributed by atoms with Crippen LogP contribution in [0.2, 0.25) is 0 Å². The molecule has 0 spiro atoms. The predicted octanol–water partition coefficient (Wildman–Crippen LogP) is 1.20. The predicted molar refractivity (Wildman–Crippen MR) is 48.6 cm³/mol. The first-order valence-electron chi connectivity index (χ1n) is 4.33. The Morgan fingerprint density at radius 2 is 2.08 bits per heavy atom. The Morgan fingerprint density at radius 3 is 2.50 bits per heavy atom. The number of nitrogens with one attached hydrogen (secondary N) is 1. The molecule has 1 aliphatic rings. The second kappa shape index (κ2) is 6.63. The van der Waals surface area contributed by atoms with Crippen LogP contribution in [0.3, 0.4) is 0 Å². The molecule has 1 unspecified atom stereocenters. The van der Waals surface area contributed by atoms with Gasteiger partial charge >= 0.3 is 0 Å². The molecular weight excluding hydrogens is 148 g/mol. The molecule has 0 saturated heterocycles. The lowest BCUT2D eigenvalue weighted by atomic mass is 10.2. The zero-order valence-electron chi connectivity index (χ0n) is 7.80. The van der Waals surface area contributed by atoms with Crippen LogP contribution in [-0.4, -0.2) is 6.54 Å². The van der Waals surface area contributed by atoms with Crippen molar-refractivity contribution in [3.63, 3.8) is 0 Å². The van der Waals surface area contributed by atoms with Crippen molar-refractivity contribution >= 4 is 0 Å². The van der Waals surface area contributed by atoms with Crippen LogP contribution in [0, 0.1) is 11.8 Å². The lowest BCUT2D eigenvalue weighted by Crippen LogP contribution is -3.01. The Hall–Kier alpha value is -1.07. The van der Waals surface area contributed by atoms with Gasteiger partial charge in [-0.05, 0) is 13.3 Å². The molecule has 1 atom stereocenters. The summed E-state index contributed by atoms with van der Waals surface area (Å²) < 4.78 is 0. The van der Waals surface area contributed by atoms with Gasteiger partial charge in [0.15, 0.2) is 0 Å². The molecule has 1 N–H and O–H groups in total. The molecule has 2 nitrogen and oxygen atoms in total. The van der Waals surface area contributed by atoms with Gasteiger partial charge in [0.1, 0.15) is 6.20 Å². The average Bonchev–Trinajstić information content (AvgIpc) is 2.57. The van der Waals surface area contributed by atoms with Gasteiger partial charge in [0.2, 0.25) is 0 Å². The molecule has 0 amide bonds. The van der Waals surface area contributed by atoms with Gasteiger partial charge in [-0.15, -0.1) is 0 Å². The van der Waals surface area contributed by atoms with Crippen molar-refractivity contribution < 1.29 is 4.90 Å². The van der Waals surface area contributed by atoms with E-state index in [1.807, 2.05) is 0 Å². The second-order valence-electron chi connectivity index (χ2n) is 2.73. The third-order valence-electron chi connectivity index (χ3n) is 1.83. The minimum Gasteiger partial charge on any atom is -0.512 e. The van der Waals surface area contributed by atoms with Crippen LogP contribution in [0.25, 0.3) is 0 Å². The molecule has 1 rings (SSSR count). The van der Waals surface area contributed by atoms with Crippen LogP contribution in [0.5, 0.6) is 0 Å². The first-order chi connectivity index (χ1) is 5.86. The maximum absolute atomic E-state index is 6.25. The molecule has 0 aromatic heterocycles. The lowest BCUT2D eigenvalue weighted by molar-refractivity contribution is -0.785. The molecule has 0 fully saturated rings. The van der Waals surface area contributed by atoms with Gasteiger partial charge in [-0.2, -0.15) is 0 Å². The van der Waals surface area contributed by atoms with Crippen LogP contribution in [0.1, 0.15) is 26.7 Å². The quantitative estimate of drug-likeness (QED) is 0.624. The van der Waals surface area contributed by atoms with E-state index in [2.05, 4.69) is 32.3 Å². The second-order valence-corrected chi connectivity index (χ2v) is 2.73. The molecule has 0 aliphatic carbocycles. The van der Waals surface area contributed by atoms with Crippen LogP contribution in [0.15, 0.2) is 24.0 Å². The van der Waals surface area contributed by atoms with E-state index in [4.69, 9.17) is 11.8 Å². The van der Waals surface area contributed by atoms with Crippen molar-refractivity contribution in [1.29, 1.82) is 5.26 Å². The van der Waals surface area contributed by atoms with Crippen LogP contribution in [-0.2, 0) is 0 Å². The third-order valence-corrected chi connectivity index (χ3v) is 1.83. The Morgan fingerprint density at radius 1 is 1.42 bits per heavy atom. The Labute approximate surface area is 74.8 Å². The minimum atomic E-state index is 1.17. The highest BCUT2D eigenvalue weighted by molar-refractivity contribution is 5.17. The Balaban J connectivity index is 0.000000561. The van der Waals surface area contributed by atoms with E-state index in [0.717, 1.165) is 0 Å². The van der Waals surface area contributed by atoms with E-state index >= 15 is 0 Å². The topological polar surface area (TPSA) is 28.2 Å². The molecule has 1 aliphatic heterocycles. The maximum atomic E-state index is 6.25. The molecule has 0 bridgehead atoms. The van der Waals surface area contributed by atoms with Gasteiger partial charge in [0.25, 0.3) is 0 Å². The van der Waals surface area contributed by atoms with E-state index < -0.39 is 0 Å². The number of nitrogens with zero attached hydrogens (tertiary/aromatic N) is 1. The van der Waals surface area contributed by atoms with Crippen LogP contribution >= 0.6 is 0 Å². The molecule has 0 aromatic rings. The summed E-state index contributed by atoms with van der Waals surface area (Å²) in [5.74, 6) is 0. The van der Waals surface area contributed by atoms with Gasteiger partial charge in [0, 0.05) is 11.6 Å². The number of hydrogen-bond acceptors (Lipinski definition) is 1. The van der Waals surface area contributed by atoms with E-state index in [1.165, 1.54) is 29.9 Å². The van der Waals surface area contributed by atoms with E-state index in [0.29, 0.717) is 0 Å². The van der Waals surface area contributed by atoms with Gasteiger partial charge in [-0.25, -0.2) is 0 Å². The molecule has 0 radical (unpaired) electrons. The number of hydrogen-bond donors (Lipinski definition) is 1. The summed E-state index contributed by atoms with van der Waals surface area (Å²) >= 11 is 0. The van der Waals surface area contributed by atoms with Crippen molar-refractivity contribution in [3.05, 3.63) is 30.6 Å². The maximum Gasteiger partial charge on any atom is 0.102 e. The van der Waals surface area contributed by atoms with Gasteiger partial charge in [-0.1, -0.05) is 13.3 Å². The number of rotatable bonds is 3. The first-order valence-corrected chi connectivity index (χ1v) is 4.33. The minimum absolute atomic E-state index is 1.17. The van der Waals surface area contributed by atoms with Crippen LogP contribution < -0.4 is 4.90 Å². The molecule has 0 saturated carbocycles. The standard InChI is InChI=1S/C9H15N.CN/c1-3-5-9-6-7-10(4-2)8-9;1-2/h6-8H,3-5H2,1-2H3;/q;-1/p+1. The fourth-order valence-corrected chi connectivity index (χ4v) is 1.21. The highest BCUT2D eigenvalue weighted by atomic mass is 15.1. The smallest absolute Gasteiger partial charge is 0.102 e. The summed E-state index contributed by atoms with van der Waals surface area (Å²) in [5.41, 5.74) is 1.50. The summed E-state index contributed by atoms with van der Waals surface area (Å²) in [7, 11) is 0. The number of quaternary nitrogens is 1. The van der Waals surface area contributed by atoms with Crippen LogP contribution in [0.4, 0.5) is 0 Å². The molecule has 66 valence electrons. The van der Waals surface area contributed by atoms with E-state index in [1.54, 1.807) is 0 Å². The zero-order valence-corrected chi connectivity index (χ0v) is 7.80. The summed E-state index contributed by atoms with van der Waals surface area (Å²) in [6.07, 6.45) is 9.27. The van der Waals surface area contributed by atoms with Crippen molar-refractivity contribution in [2.45, 2.75) is 26.7 Å². The fraction of sp³-hybridized carbons (Fsp3) is 0.500. The van der Waals surface area contributed by atoms with Crippen molar-refractivity contribution in [2.75, 3.05) is 6.54 Å². The zero-order chi connectivity index (χ0) is 9.40. The fourth-order valence-electron chi connectivity index (χ4n) is 1.21. The van der Waals surface area contributed by atoms with E-state index in [9.17, 15) is 0 Å². The highest BCUT2D eigenvalue weighted by Gasteiger charge is 2.06. The van der Waals surface area contributed by atoms with Gasteiger partial charge in [0.05, 0.1) is 12.7 Å². The SMILES string of the molecule is CCCC1=C[NH+](CC)C=C1.[C-]#N. The van der Waals surface area contributed by atoms with Gasteiger partial charge < -0.3 is 11.8 Å². The molecule has 2 heteroatoms. The Bertz CT molecular complexity index is 189. The molecule has 0 aromatic carbocycles. The summed E-state index contributed by atoms with van der Waals surface area (Å²) in [6, 6.07) is 0. The molecule has 12 heavy (non-hydrogen) atoms. The summed E-state index contributed by atoms with van der Waals surface area (Å²) in [6.45, 7) is 10.3. The van der Waals surface area contributed by atoms with Crippen molar-refractivity contribution in [2.24, 2.45) is 0 Å². The summed E-state index contributed by atoms with van der Waals surface area (Å²) in [4.78, 5) is 1.48. The summed E-state index contributed by atoms with van der Waals surface area (Å²) in [5, 5.41) is 6.25. The van der Waals surface area contributed by atoms with E-state index in [-0.39, 0.29) is 0 Å². The van der Waals surface area contributed by atoms with Crippen molar-refractivity contribution in [3.8, 4) is 0 Å². The monoisotopic (exact) mass is 164 g/mol.